The van der Waals surface area contributed by atoms with Crippen molar-refractivity contribution in [3.8, 4) is 0 Å². The molecule has 0 spiro atoms. The number of guanidine groups is 1. The predicted octanol–water partition coefficient (Wildman–Crippen LogP) is 0.447. The van der Waals surface area contributed by atoms with Gasteiger partial charge in [-0.1, -0.05) is 30.3 Å². The first-order chi connectivity index (χ1) is 12.4. The molecule has 26 heavy (non-hydrogen) atoms. The normalized spacial score (nSPS) is 21.5. The molecular weight excluding hydrogens is 350 g/mol. The van der Waals surface area contributed by atoms with Gasteiger partial charge in [-0.05, 0) is 18.4 Å². The van der Waals surface area contributed by atoms with Crippen LogP contribution in [0.25, 0.3) is 0 Å². The molecule has 0 unspecified atom stereocenters. The summed E-state index contributed by atoms with van der Waals surface area (Å²) in [5, 5.41) is 3.32. The summed E-state index contributed by atoms with van der Waals surface area (Å²) in [7, 11) is -3.05. The third-order valence-electron chi connectivity index (χ3n) is 5.10. The highest BCUT2D eigenvalue weighted by Crippen LogP contribution is 2.19. The van der Waals surface area contributed by atoms with Crippen LogP contribution in [0.3, 0.4) is 0 Å². The van der Waals surface area contributed by atoms with Crippen molar-refractivity contribution in [3.05, 3.63) is 35.9 Å². The average molecular weight is 380 g/mol. The van der Waals surface area contributed by atoms with Crippen molar-refractivity contribution in [1.29, 1.82) is 0 Å². The third-order valence-corrected chi connectivity index (χ3v) is 6.34. The quantitative estimate of drug-likeness (QED) is 0.553. The monoisotopic (exact) mass is 379 g/mol. The Morgan fingerprint density at radius 3 is 2.50 bits per heavy atom. The maximum Gasteiger partial charge on any atom is 0.211 e. The van der Waals surface area contributed by atoms with Gasteiger partial charge in [0.25, 0.3) is 0 Å². The van der Waals surface area contributed by atoms with E-state index in [1.165, 1.54) is 16.1 Å². The second-order valence-electron chi connectivity index (χ2n) is 7.35. The SMILES string of the molecule is CS(=O)(=O)N1CC(CN=C(N)NC2CCN(Cc3ccccc3)CC2)C1. The van der Waals surface area contributed by atoms with Gasteiger partial charge >= 0.3 is 0 Å². The molecule has 0 bridgehead atoms. The molecule has 2 saturated heterocycles. The van der Waals surface area contributed by atoms with Gasteiger partial charge in [0.1, 0.15) is 0 Å². The molecule has 0 aromatic heterocycles. The number of piperidine rings is 1. The van der Waals surface area contributed by atoms with Crippen molar-refractivity contribution in [2.45, 2.75) is 25.4 Å². The Balaban J connectivity index is 1.35. The molecule has 0 aliphatic carbocycles. The fourth-order valence-electron chi connectivity index (χ4n) is 3.47. The maximum atomic E-state index is 11.4. The summed E-state index contributed by atoms with van der Waals surface area (Å²) in [6, 6.07) is 10.9. The van der Waals surface area contributed by atoms with E-state index in [-0.39, 0.29) is 5.92 Å². The Labute approximate surface area is 156 Å². The average Bonchev–Trinajstić information content (AvgIpc) is 2.55. The molecule has 7 nitrogen and oxygen atoms in total. The van der Waals surface area contributed by atoms with Crippen LogP contribution in [-0.4, -0.2) is 68.6 Å². The van der Waals surface area contributed by atoms with Crippen LogP contribution in [0.4, 0.5) is 0 Å². The summed E-state index contributed by atoms with van der Waals surface area (Å²) < 4.78 is 24.2. The summed E-state index contributed by atoms with van der Waals surface area (Å²) >= 11 is 0. The molecule has 0 amide bonds. The van der Waals surface area contributed by atoms with Crippen molar-refractivity contribution in [2.75, 3.05) is 39.0 Å². The molecule has 2 aliphatic heterocycles. The summed E-state index contributed by atoms with van der Waals surface area (Å²) in [6.45, 7) is 4.77. The lowest BCUT2D eigenvalue weighted by Crippen LogP contribution is -2.51. The number of nitrogens with one attached hydrogen (secondary N) is 1. The minimum Gasteiger partial charge on any atom is -0.370 e. The molecule has 2 aliphatic rings. The molecule has 0 saturated carbocycles. The van der Waals surface area contributed by atoms with E-state index in [1.807, 2.05) is 6.07 Å². The van der Waals surface area contributed by atoms with E-state index < -0.39 is 10.0 Å². The Morgan fingerprint density at radius 1 is 1.23 bits per heavy atom. The number of aliphatic imine (C=N–C) groups is 1. The number of benzene rings is 1. The first-order valence-corrected chi connectivity index (χ1v) is 11.0. The molecule has 1 aromatic carbocycles. The largest absolute Gasteiger partial charge is 0.370 e. The summed E-state index contributed by atoms with van der Waals surface area (Å²) in [6.07, 6.45) is 3.34. The van der Waals surface area contributed by atoms with Crippen molar-refractivity contribution in [2.24, 2.45) is 16.6 Å². The fourth-order valence-corrected chi connectivity index (χ4v) is 4.43. The molecule has 1 aromatic rings. The van der Waals surface area contributed by atoms with Crippen molar-refractivity contribution in [1.82, 2.24) is 14.5 Å². The molecule has 2 fully saturated rings. The smallest absolute Gasteiger partial charge is 0.211 e. The molecular formula is C18H29N5O2S. The molecule has 8 heteroatoms. The van der Waals surface area contributed by atoms with Gasteiger partial charge < -0.3 is 11.1 Å². The molecule has 144 valence electrons. The highest BCUT2D eigenvalue weighted by atomic mass is 32.2. The Kier molecular flexibility index (Phi) is 6.16. The van der Waals surface area contributed by atoms with Gasteiger partial charge in [0.15, 0.2) is 5.96 Å². The van der Waals surface area contributed by atoms with E-state index in [0.29, 0.717) is 31.6 Å². The number of nitrogens with zero attached hydrogens (tertiary/aromatic N) is 3. The number of likely N-dealkylation sites (tertiary alicyclic amines) is 1. The number of hydrogen-bond donors (Lipinski definition) is 2. The van der Waals surface area contributed by atoms with Gasteiger partial charge in [-0.2, -0.15) is 0 Å². The number of nitrogens with two attached hydrogens (primary N) is 1. The van der Waals surface area contributed by atoms with Gasteiger partial charge in [0, 0.05) is 51.2 Å². The van der Waals surface area contributed by atoms with E-state index in [2.05, 4.69) is 39.5 Å². The number of hydrogen-bond acceptors (Lipinski definition) is 4. The van der Waals surface area contributed by atoms with Gasteiger partial charge in [-0.3, -0.25) is 9.89 Å². The Morgan fingerprint density at radius 2 is 1.88 bits per heavy atom. The third kappa shape index (κ3) is 5.43. The Hall–Kier alpha value is -1.64. The topological polar surface area (TPSA) is 91.0 Å². The zero-order valence-corrected chi connectivity index (χ0v) is 16.2. The molecule has 3 rings (SSSR count). The van der Waals surface area contributed by atoms with Gasteiger partial charge in [-0.25, -0.2) is 12.7 Å². The van der Waals surface area contributed by atoms with Gasteiger partial charge in [-0.15, -0.1) is 0 Å². The Bertz CT molecular complexity index is 708. The lowest BCUT2D eigenvalue weighted by molar-refractivity contribution is 0.198. The predicted molar refractivity (Wildman–Crippen MR) is 104 cm³/mol. The van der Waals surface area contributed by atoms with E-state index in [4.69, 9.17) is 5.73 Å². The summed E-state index contributed by atoms with van der Waals surface area (Å²) in [5.74, 6) is 0.752. The highest BCUT2D eigenvalue weighted by molar-refractivity contribution is 7.88. The highest BCUT2D eigenvalue weighted by Gasteiger charge is 2.32. The number of rotatable bonds is 6. The second kappa shape index (κ2) is 8.37. The van der Waals surface area contributed by atoms with Crippen LogP contribution >= 0.6 is 0 Å². The standard InChI is InChI=1S/C18H29N5O2S/c1-26(24,25)23-13-16(14-23)11-20-18(19)21-17-7-9-22(10-8-17)12-15-5-3-2-4-6-15/h2-6,16-17H,7-14H2,1H3,(H3,19,20,21). The molecule has 2 heterocycles. The van der Waals surface area contributed by atoms with E-state index >= 15 is 0 Å². The van der Waals surface area contributed by atoms with Crippen LogP contribution in [0.1, 0.15) is 18.4 Å². The summed E-state index contributed by atoms with van der Waals surface area (Å²) in [5.41, 5.74) is 7.35. The van der Waals surface area contributed by atoms with Crippen LogP contribution in [0.2, 0.25) is 0 Å². The van der Waals surface area contributed by atoms with E-state index in [9.17, 15) is 8.42 Å². The number of sulfonamides is 1. The van der Waals surface area contributed by atoms with Crippen molar-refractivity contribution < 1.29 is 8.42 Å². The maximum absolute atomic E-state index is 11.4. The van der Waals surface area contributed by atoms with E-state index in [1.54, 1.807) is 0 Å². The molecule has 0 radical (unpaired) electrons. The zero-order valence-electron chi connectivity index (χ0n) is 15.3. The zero-order chi connectivity index (χ0) is 18.6. The first kappa shape index (κ1) is 19.1. The van der Waals surface area contributed by atoms with Crippen LogP contribution in [-0.2, 0) is 16.6 Å². The van der Waals surface area contributed by atoms with Crippen molar-refractivity contribution >= 4 is 16.0 Å². The van der Waals surface area contributed by atoms with Crippen LogP contribution in [0.15, 0.2) is 35.3 Å². The lowest BCUT2D eigenvalue weighted by Gasteiger charge is -2.36. The fraction of sp³-hybridized carbons (Fsp3) is 0.611. The minimum absolute atomic E-state index is 0.276. The van der Waals surface area contributed by atoms with Gasteiger partial charge in [0.2, 0.25) is 10.0 Å². The first-order valence-electron chi connectivity index (χ1n) is 9.18. The molecule has 0 atom stereocenters. The summed E-state index contributed by atoms with van der Waals surface area (Å²) in [4.78, 5) is 6.86. The minimum atomic E-state index is -3.05. The van der Waals surface area contributed by atoms with Crippen LogP contribution in [0, 0.1) is 5.92 Å². The lowest BCUT2D eigenvalue weighted by atomic mass is 10.0. The van der Waals surface area contributed by atoms with Crippen LogP contribution in [0.5, 0.6) is 0 Å². The van der Waals surface area contributed by atoms with Gasteiger partial charge in [0.05, 0.1) is 6.26 Å². The van der Waals surface area contributed by atoms with E-state index in [0.717, 1.165) is 32.5 Å². The van der Waals surface area contributed by atoms with Crippen molar-refractivity contribution in [3.63, 3.8) is 0 Å². The second-order valence-corrected chi connectivity index (χ2v) is 9.33. The van der Waals surface area contributed by atoms with Crippen LogP contribution < -0.4 is 11.1 Å². The molecule has 3 N–H and O–H groups in total.